The van der Waals surface area contributed by atoms with Crippen molar-refractivity contribution >= 4 is 28.4 Å². The lowest BCUT2D eigenvalue weighted by atomic mass is 10.1. The fourth-order valence-electron chi connectivity index (χ4n) is 1.97. The second-order valence-corrected chi connectivity index (χ2v) is 5.49. The molecule has 2 rings (SSSR count). The van der Waals surface area contributed by atoms with Gasteiger partial charge < -0.3 is 5.32 Å². The first-order chi connectivity index (χ1) is 9.24. The van der Waals surface area contributed by atoms with Crippen molar-refractivity contribution < 1.29 is 0 Å². The number of aromatic nitrogens is 2. The largest absolute Gasteiger partial charge is 0.372 e. The molecule has 1 aromatic carbocycles. The molecule has 0 amide bonds. The summed E-state index contributed by atoms with van der Waals surface area (Å²) in [6.45, 7) is 2.17. The zero-order chi connectivity index (χ0) is 13.7. The third-order valence-electron chi connectivity index (χ3n) is 2.89. The van der Waals surface area contributed by atoms with Crippen molar-refractivity contribution in [1.29, 1.82) is 0 Å². The Morgan fingerprint density at radius 3 is 2.53 bits per heavy atom. The van der Waals surface area contributed by atoms with Crippen LogP contribution in [0.25, 0.3) is 0 Å². The number of hydrogen-bond donors (Lipinski definition) is 1. The van der Waals surface area contributed by atoms with Crippen molar-refractivity contribution in [2.75, 3.05) is 12.4 Å². The summed E-state index contributed by atoms with van der Waals surface area (Å²) in [5.41, 5.74) is 2.39. The molecule has 1 aromatic heterocycles. The Balaban J connectivity index is 2.32. The van der Waals surface area contributed by atoms with Crippen LogP contribution in [0, 0.1) is 3.57 Å². The summed E-state index contributed by atoms with van der Waals surface area (Å²) in [5.74, 6) is 1.82. The van der Waals surface area contributed by atoms with Crippen molar-refractivity contribution in [2.24, 2.45) is 0 Å². The smallest absolute Gasteiger partial charge is 0.143 e. The molecule has 0 atom stereocenters. The molecule has 0 aliphatic carbocycles. The van der Waals surface area contributed by atoms with Crippen molar-refractivity contribution in [3.05, 3.63) is 51.0 Å². The second kappa shape index (κ2) is 6.84. The molecule has 19 heavy (non-hydrogen) atoms. The average molecular weight is 367 g/mol. The van der Waals surface area contributed by atoms with Gasteiger partial charge in [0, 0.05) is 13.5 Å². The maximum atomic E-state index is 4.71. The first-order valence-electron chi connectivity index (χ1n) is 6.51. The molecule has 0 bridgehead atoms. The summed E-state index contributed by atoms with van der Waals surface area (Å²) in [4.78, 5) is 9.31. The van der Waals surface area contributed by atoms with Crippen molar-refractivity contribution in [3.8, 4) is 0 Å². The highest BCUT2D eigenvalue weighted by Gasteiger charge is 2.11. The van der Waals surface area contributed by atoms with Crippen molar-refractivity contribution in [2.45, 2.75) is 26.2 Å². The predicted octanol–water partition coefficient (Wildman–Crippen LogP) is 3.67. The number of rotatable bonds is 5. The Morgan fingerprint density at radius 2 is 1.89 bits per heavy atom. The van der Waals surface area contributed by atoms with Gasteiger partial charge in [0.25, 0.3) is 0 Å². The Kier molecular flexibility index (Phi) is 5.13. The van der Waals surface area contributed by atoms with Crippen LogP contribution in [-0.4, -0.2) is 17.0 Å². The lowest BCUT2D eigenvalue weighted by Crippen LogP contribution is -2.08. The number of aryl methyl sites for hydroxylation is 1. The molecule has 1 heterocycles. The van der Waals surface area contributed by atoms with Crippen LogP contribution in [-0.2, 0) is 12.8 Å². The zero-order valence-corrected chi connectivity index (χ0v) is 13.4. The molecule has 1 N–H and O–H groups in total. The molecule has 2 aromatic rings. The normalized spacial score (nSPS) is 10.5. The number of nitrogens with zero attached hydrogens (tertiary/aromatic N) is 2. The van der Waals surface area contributed by atoms with Crippen LogP contribution in [0.2, 0.25) is 0 Å². The van der Waals surface area contributed by atoms with Crippen LogP contribution < -0.4 is 5.32 Å². The van der Waals surface area contributed by atoms with Gasteiger partial charge in [0.1, 0.15) is 11.6 Å². The fraction of sp³-hybridized carbons (Fsp3) is 0.333. The molecule has 4 heteroatoms. The van der Waals surface area contributed by atoms with Gasteiger partial charge in [0.15, 0.2) is 0 Å². The van der Waals surface area contributed by atoms with Gasteiger partial charge in [-0.15, -0.1) is 0 Å². The standard InChI is InChI=1S/C15H18IN3/c1-3-7-12-14(16)15(17-2)19-13(18-12)10-11-8-5-4-6-9-11/h4-6,8-9H,3,7,10H2,1-2H3,(H,17,18,19). The van der Waals surface area contributed by atoms with Gasteiger partial charge in [-0.1, -0.05) is 43.7 Å². The summed E-state index contributed by atoms with van der Waals surface area (Å²) in [7, 11) is 1.91. The predicted molar refractivity (Wildman–Crippen MR) is 87.5 cm³/mol. The van der Waals surface area contributed by atoms with Gasteiger partial charge >= 0.3 is 0 Å². The molecule has 0 unspecified atom stereocenters. The van der Waals surface area contributed by atoms with Gasteiger partial charge in [-0.3, -0.25) is 0 Å². The number of nitrogens with one attached hydrogen (secondary N) is 1. The average Bonchev–Trinajstić information content (AvgIpc) is 2.43. The van der Waals surface area contributed by atoms with E-state index in [-0.39, 0.29) is 0 Å². The Labute approximate surface area is 128 Å². The fourth-order valence-corrected chi connectivity index (χ4v) is 2.75. The van der Waals surface area contributed by atoms with Crippen LogP contribution in [0.15, 0.2) is 30.3 Å². The monoisotopic (exact) mass is 367 g/mol. The first kappa shape index (κ1) is 14.2. The van der Waals surface area contributed by atoms with E-state index in [2.05, 4.69) is 51.9 Å². The van der Waals surface area contributed by atoms with E-state index in [0.717, 1.165) is 40.2 Å². The van der Waals surface area contributed by atoms with Crippen LogP contribution in [0.3, 0.4) is 0 Å². The summed E-state index contributed by atoms with van der Waals surface area (Å²) < 4.78 is 1.14. The van der Waals surface area contributed by atoms with E-state index in [1.54, 1.807) is 0 Å². The van der Waals surface area contributed by atoms with E-state index in [1.165, 1.54) is 5.56 Å². The highest BCUT2D eigenvalue weighted by Crippen LogP contribution is 2.21. The summed E-state index contributed by atoms with van der Waals surface area (Å²) in [5, 5.41) is 3.16. The molecule has 100 valence electrons. The topological polar surface area (TPSA) is 37.8 Å². The number of halogens is 1. The van der Waals surface area contributed by atoms with Crippen LogP contribution >= 0.6 is 22.6 Å². The van der Waals surface area contributed by atoms with Crippen LogP contribution in [0.5, 0.6) is 0 Å². The maximum absolute atomic E-state index is 4.71. The SMILES string of the molecule is CCCc1nc(Cc2ccccc2)nc(NC)c1I. The molecule has 3 nitrogen and oxygen atoms in total. The van der Waals surface area contributed by atoms with E-state index in [4.69, 9.17) is 4.98 Å². The number of hydrogen-bond acceptors (Lipinski definition) is 3. The Hall–Kier alpha value is -1.17. The minimum atomic E-state index is 0.781. The maximum Gasteiger partial charge on any atom is 0.143 e. The first-order valence-corrected chi connectivity index (χ1v) is 7.59. The summed E-state index contributed by atoms with van der Waals surface area (Å²) in [6.07, 6.45) is 2.88. The second-order valence-electron chi connectivity index (χ2n) is 4.41. The molecule has 0 fully saturated rings. The number of benzene rings is 1. The molecule has 0 aliphatic rings. The van der Waals surface area contributed by atoms with Crippen molar-refractivity contribution in [1.82, 2.24) is 9.97 Å². The van der Waals surface area contributed by atoms with E-state index in [0.29, 0.717) is 0 Å². The van der Waals surface area contributed by atoms with Gasteiger partial charge in [-0.05, 0) is 34.6 Å². The van der Waals surface area contributed by atoms with Crippen LogP contribution in [0.1, 0.15) is 30.4 Å². The molecule has 0 radical (unpaired) electrons. The minimum Gasteiger partial charge on any atom is -0.372 e. The Morgan fingerprint density at radius 1 is 1.16 bits per heavy atom. The van der Waals surface area contributed by atoms with E-state index in [9.17, 15) is 0 Å². The lowest BCUT2D eigenvalue weighted by Gasteiger charge is -2.10. The third kappa shape index (κ3) is 3.65. The third-order valence-corrected chi connectivity index (χ3v) is 4.03. The van der Waals surface area contributed by atoms with E-state index < -0.39 is 0 Å². The van der Waals surface area contributed by atoms with Crippen molar-refractivity contribution in [3.63, 3.8) is 0 Å². The van der Waals surface area contributed by atoms with Gasteiger partial charge in [-0.2, -0.15) is 0 Å². The summed E-state index contributed by atoms with van der Waals surface area (Å²) >= 11 is 2.32. The minimum absolute atomic E-state index is 0.781. The van der Waals surface area contributed by atoms with E-state index >= 15 is 0 Å². The molecule has 0 saturated carbocycles. The zero-order valence-electron chi connectivity index (χ0n) is 11.3. The van der Waals surface area contributed by atoms with Crippen LogP contribution in [0.4, 0.5) is 5.82 Å². The molecule has 0 spiro atoms. The quantitative estimate of drug-likeness (QED) is 0.820. The van der Waals surface area contributed by atoms with E-state index in [1.807, 2.05) is 25.2 Å². The Bertz CT molecular complexity index is 541. The van der Waals surface area contributed by atoms with Gasteiger partial charge in [-0.25, -0.2) is 9.97 Å². The molecule has 0 saturated heterocycles. The highest BCUT2D eigenvalue weighted by molar-refractivity contribution is 14.1. The molecular formula is C15H18IN3. The lowest BCUT2D eigenvalue weighted by molar-refractivity contribution is 0.834. The number of anilines is 1. The molecular weight excluding hydrogens is 349 g/mol. The molecule has 0 aliphatic heterocycles. The van der Waals surface area contributed by atoms with Gasteiger partial charge in [0.05, 0.1) is 9.26 Å². The van der Waals surface area contributed by atoms with Gasteiger partial charge in [0.2, 0.25) is 0 Å². The summed E-state index contributed by atoms with van der Waals surface area (Å²) in [6, 6.07) is 10.3. The highest BCUT2D eigenvalue weighted by atomic mass is 127.